The maximum absolute atomic E-state index is 10.8. The van der Waals surface area contributed by atoms with Crippen molar-refractivity contribution in [1.29, 1.82) is 0 Å². The van der Waals surface area contributed by atoms with Gasteiger partial charge >= 0.3 is 6.03 Å². The topological polar surface area (TPSA) is 85.0 Å². The molecule has 112 valence electrons. The highest BCUT2D eigenvalue weighted by atomic mass is 16.2. The second kappa shape index (κ2) is 6.90. The highest BCUT2D eigenvalue weighted by Crippen LogP contribution is 2.15. The number of urea groups is 1. The molecular weight excluding hydrogens is 266 g/mol. The van der Waals surface area contributed by atoms with Crippen molar-refractivity contribution in [1.82, 2.24) is 14.9 Å². The normalized spacial score (nSPS) is 12.1. The predicted octanol–water partition coefficient (Wildman–Crippen LogP) is 1.80. The Balaban J connectivity index is 1.84. The van der Waals surface area contributed by atoms with Crippen molar-refractivity contribution < 1.29 is 4.79 Å². The van der Waals surface area contributed by atoms with Crippen LogP contribution >= 0.6 is 0 Å². The number of aromatic nitrogens is 2. The fourth-order valence-corrected chi connectivity index (χ4v) is 2.15. The molecule has 0 saturated carbocycles. The Bertz CT molecular complexity index is 590. The molecule has 4 N–H and O–H groups in total. The van der Waals surface area contributed by atoms with Gasteiger partial charge in [0.05, 0.1) is 0 Å². The molecule has 2 rings (SSSR count). The lowest BCUT2D eigenvalue weighted by Crippen LogP contribution is -2.22. The van der Waals surface area contributed by atoms with E-state index in [2.05, 4.69) is 22.5 Å². The second-order valence-corrected chi connectivity index (χ2v) is 4.99. The van der Waals surface area contributed by atoms with Gasteiger partial charge in [-0.2, -0.15) is 0 Å². The molecule has 0 radical (unpaired) electrons. The van der Waals surface area contributed by atoms with Gasteiger partial charge in [-0.05, 0) is 24.6 Å². The lowest BCUT2D eigenvalue weighted by molar-refractivity contribution is 0.259. The summed E-state index contributed by atoms with van der Waals surface area (Å²) in [6, 6.07) is 7.32. The first kappa shape index (κ1) is 15.1. The molecule has 0 spiro atoms. The third-order valence-electron chi connectivity index (χ3n) is 3.40. The molecule has 0 saturated heterocycles. The van der Waals surface area contributed by atoms with Crippen molar-refractivity contribution in [3.63, 3.8) is 0 Å². The summed E-state index contributed by atoms with van der Waals surface area (Å²) < 4.78 is 2.02. The van der Waals surface area contributed by atoms with Gasteiger partial charge in [0, 0.05) is 44.1 Å². The number of imidazole rings is 1. The van der Waals surface area contributed by atoms with Crippen LogP contribution in [0.2, 0.25) is 0 Å². The predicted molar refractivity (Wildman–Crippen MR) is 83.0 cm³/mol. The van der Waals surface area contributed by atoms with Gasteiger partial charge in [0.15, 0.2) is 0 Å². The van der Waals surface area contributed by atoms with E-state index in [9.17, 15) is 4.79 Å². The molecule has 0 bridgehead atoms. The zero-order valence-corrected chi connectivity index (χ0v) is 12.3. The number of amides is 2. The zero-order chi connectivity index (χ0) is 15.2. The number of anilines is 1. The molecule has 1 aromatic heterocycles. The molecule has 1 unspecified atom stereocenters. The Morgan fingerprint density at radius 3 is 2.67 bits per heavy atom. The van der Waals surface area contributed by atoms with Crippen molar-refractivity contribution >= 4 is 11.7 Å². The maximum atomic E-state index is 10.8. The second-order valence-electron chi connectivity index (χ2n) is 4.99. The van der Waals surface area contributed by atoms with Crippen molar-refractivity contribution in [2.45, 2.75) is 19.4 Å². The van der Waals surface area contributed by atoms with Gasteiger partial charge in [0.1, 0.15) is 5.82 Å². The number of nitrogens with two attached hydrogens (primary N) is 1. The number of nitrogens with zero attached hydrogens (tertiary/aromatic N) is 2. The number of primary amides is 1. The highest BCUT2D eigenvalue weighted by molar-refractivity contribution is 5.87. The molecule has 0 aliphatic carbocycles. The Labute approximate surface area is 124 Å². The lowest BCUT2D eigenvalue weighted by atomic mass is 10.1. The molecular formula is C15H21N5O. The summed E-state index contributed by atoms with van der Waals surface area (Å²) >= 11 is 0. The van der Waals surface area contributed by atoms with Crippen LogP contribution in [0.1, 0.15) is 24.4 Å². The summed E-state index contributed by atoms with van der Waals surface area (Å²) in [4.78, 5) is 15.1. The first-order chi connectivity index (χ1) is 10.1. The summed E-state index contributed by atoms with van der Waals surface area (Å²) in [5, 5.41) is 6.01. The molecule has 0 fully saturated rings. The summed E-state index contributed by atoms with van der Waals surface area (Å²) in [6.07, 6.45) is 4.64. The van der Waals surface area contributed by atoms with E-state index in [4.69, 9.17) is 5.73 Å². The number of carbonyl (C=O) groups excluding carboxylic acids is 1. The lowest BCUT2D eigenvalue weighted by Gasteiger charge is -2.14. The summed E-state index contributed by atoms with van der Waals surface area (Å²) in [7, 11) is 2.00. The number of aryl methyl sites for hydroxylation is 1. The average molecular weight is 287 g/mol. The van der Waals surface area contributed by atoms with E-state index in [1.165, 1.54) is 0 Å². The largest absolute Gasteiger partial charge is 0.351 e. The summed E-state index contributed by atoms with van der Waals surface area (Å²) in [5.74, 6) is 1.07. The molecule has 2 amide bonds. The molecule has 1 aromatic carbocycles. The minimum absolute atomic E-state index is 0.230. The first-order valence-electron chi connectivity index (χ1n) is 6.92. The summed E-state index contributed by atoms with van der Waals surface area (Å²) in [5.41, 5.74) is 6.93. The summed E-state index contributed by atoms with van der Waals surface area (Å²) in [6.45, 7) is 2.96. The minimum Gasteiger partial charge on any atom is -0.351 e. The smallest absolute Gasteiger partial charge is 0.316 e. The van der Waals surface area contributed by atoms with E-state index in [0.29, 0.717) is 5.69 Å². The zero-order valence-electron chi connectivity index (χ0n) is 12.3. The van der Waals surface area contributed by atoms with E-state index in [1.807, 2.05) is 48.3 Å². The molecule has 6 heteroatoms. The van der Waals surface area contributed by atoms with Crippen LogP contribution in [0, 0.1) is 0 Å². The standard InChI is InChI=1S/C15H21N5O/c1-11(17-8-7-14-18-9-10-20(14)2)12-3-5-13(6-4-12)19-15(16)21/h3-6,9-11,17H,7-8H2,1-2H3,(H3,16,19,21). The Morgan fingerprint density at radius 1 is 1.38 bits per heavy atom. The van der Waals surface area contributed by atoms with Crippen LogP contribution in [-0.2, 0) is 13.5 Å². The van der Waals surface area contributed by atoms with Gasteiger partial charge in [-0.15, -0.1) is 0 Å². The molecule has 0 aliphatic rings. The quantitative estimate of drug-likeness (QED) is 0.757. The first-order valence-corrected chi connectivity index (χ1v) is 6.92. The van der Waals surface area contributed by atoms with E-state index in [0.717, 1.165) is 24.4 Å². The van der Waals surface area contributed by atoms with Crippen LogP contribution in [0.25, 0.3) is 0 Å². The fourth-order valence-electron chi connectivity index (χ4n) is 2.15. The van der Waals surface area contributed by atoms with Crippen molar-refractivity contribution in [2.75, 3.05) is 11.9 Å². The molecule has 6 nitrogen and oxygen atoms in total. The van der Waals surface area contributed by atoms with Crippen LogP contribution in [0.15, 0.2) is 36.7 Å². The molecule has 1 heterocycles. The van der Waals surface area contributed by atoms with Crippen molar-refractivity contribution in [3.8, 4) is 0 Å². The third-order valence-corrected chi connectivity index (χ3v) is 3.40. The van der Waals surface area contributed by atoms with Crippen molar-refractivity contribution in [2.24, 2.45) is 12.8 Å². The van der Waals surface area contributed by atoms with E-state index in [1.54, 1.807) is 0 Å². The van der Waals surface area contributed by atoms with Gasteiger partial charge in [-0.3, -0.25) is 0 Å². The van der Waals surface area contributed by atoms with E-state index >= 15 is 0 Å². The van der Waals surface area contributed by atoms with E-state index in [-0.39, 0.29) is 6.04 Å². The molecule has 0 aliphatic heterocycles. The number of hydrogen-bond donors (Lipinski definition) is 3. The Morgan fingerprint density at radius 2 is 2.10 bits per heavy atom. The van der Waals surface area contributed by atoms with Crippen molar-refractivity contribution in [3.05, 3.63) is 48.0 Å². The van der Waals surface area contributed by atoms with E-state index < -0.39 is 6.03 Å². The SMILES string of the molecule is CC(NCCc1nccn1C)c1ccc(NC(N)=O)cc1. The fraction of sp³-hybridized carbons (Fsp3) is 0.333. The molecule has 21 heavy (non-hydrogen) atoms. The number of hydrogen-bond acceptors (Lipinski definition) is 3. The van der Waals surface area contributed by atoms with Gasteiger partial charge in [0.25, 0.3) is 0 Å². The van der Waals surface area contributed by atoms with Crippen LogP contribution in [0.4, 0.5) is 10.5 Å². The highest BCUT2D eigenvalue weighted by Gasteiger charge is 2.06. The number of benzene rings is 1. The minimum atomic E-state index is -0.552. The number of nitrogens with one attached hydrogen (secondary N) is 2. The third kappa shape index (κ3) is 4.32. The van der Waals surface area contributed by atoms with Gasteiger partial charge in [-0.25, -0.2) is 9.78 Å². The van der Waals surface area contributed by atoms with Crippen LogP contribution in [-0.4, -0.2) is 22.1 Å². The number of rotatable bonds is 6. The van der Waals surface area contributed by atoms with Crippen LogP contribution in [0.3, 0.4) is 0 Å². The van der Waals surface area contributed by atoms with Gasteiger partial charge in [-0.1, -0.05) is 12.1 Å². The monoisotopic (exact) mass is 287 g/mol. The average Bonchev–Trinajstić information content (AvgIpc) is 2.84. The Hall–Kier alpha value is -2.34. The van der Waals surface area contributed by atoms with Gasteiger partial charge in [0.2, 0.25) is 0 Å². The van der Waals surface area contributed by atoms with Gasteiger partial charge < -0.3 is 20.9 Å². The number of carbonyl (C=O) groups is 1. The maximum Gasteiger partial charge on any atom is 0.316 e. The van der Waals surface area contributed by atoms with Crippen LogP contribution < -0.4 is 16.4 Å². The Kier molecular flexibility index (Phi) is 4.94. The van der Waals surface area contributed by atoms with Crippen LogP contribution in [0.5, 0.6) is 0 Å². The molecule has 2 aromatic rings. The molecule has 1 atom stereocenters.